The fraction of sp³-hybridized carbons (Fsp3) is 0.636. The first-order valence-electron chi connectivity index (χ1n) is 5.45. The van der Waals surface area contributed by atoms with Gasteiger partial charge in [-0.2, -0.15) is 0 Å². The smallest absolute Gasteiger partial charge is 0.323 e. The Hall–Kier alpha value is -1.36. The SMILES string of the molecule is COC(=O)[C@H]1CCCN1Cc1cc(C)no1. The summed E-state index contributed by atoms with van der Waals surface area (Å²) in [5, 5.41) is 3.83. The number of rotatable bonds is 3. The second kappa shape index (κ2) is 4.65. The normalized spacial score (nSPS) is 21.2. The average Bonchev–Trinajstić information content (AvgIpc) is 2.87. The van der Waals surface area contributed by atoms with Crippen LogP contribution in [0.3, 0.4) is 0 Å². The van der Waals surface area contributed by atoms with Crippen LogP contribution in [0.15, 0.2) is 10.6 Å². The molecule has 0 saturated carbocycles. The van der Waals surface area contributed by atoms with Crippen LogP contribution in [0, 0.1) is 6.92 Å². The molecule has 1 aromatic rings. The molecule has 0 aliphatic carbocycles. The van der Waals surface area contributed by atoms with E-state index in [1.165, 1.54) is 7.11 Å². The Kier molecular flexibility index (Phi) is 3.24. The highest BCUT2D eigenvalue weighted by Gasteiger charge is 2.31. The number of methoxy groups -OCH3 is 1. The van der Waals surface area contributed by atoms with Crippen LogP contribution in [0.5, 0.6) is 0 Å². The largest absolute Gasteiger partial charge is 0.468 e. The second-order valence-electron chi connectivity index (χ2n) is 4.09. The maximum absolute atomic E-state index is 11.5. The third kappa shape index (κ3) is 2.24. The summed E-state index contributed by atoms with van der Waals surface area (Å²) >= 11 is 0. The van der Waals surface area contributed by atoms with Gasteiger partial charge in [0.1, 0.15) is 6.04 Å². The Morgan fingerprint density at radius 1 is 1.75 bits per heavy atom. The fourth-order valence-corrected chi connectivity index (χ4v) is 2.11. The molecule has 1 aromatic heterocycles. The molecule has 0 aromatic carbocycles. The summed E-state index contributed by atoms with van der Waals surface area (Å²) in [7, 11) is 1.43. The molecule has 5 heteroatoms. The van der Waals surface area contributed by atoms with Crippen molar-refractivity contribution in [2.45, 2.75) is 32.4 Å². The molecule has 0 N–H and O–H groups in total. The van der Waals surface area contributed by atoms with Crippen molar-refractivity contribution in [3.63, 3.8) is 0 Å². The Morgan fingerprint density at radius 2 is 2.56 bits per heavy atom. The van der Waals surface area contributed by atoms with E-state index in [2.05, 4.69) is 10.1 Å². The monoisotopic (exact) mass is 224 g/mol. The Labute approximate surface area is 94.3 Å². The molecule has 1 aliphatic heterocycles. The number of carbonyl (C=O) groups is 1. The number of esters is 1. The van der Waals surface area contributed by atoms with Crippen LogP contribution in [-0.4, -0.2) is 35.7 Å². The first-order chi connectivity index (χ1) is 7.70. The van der Waals surface area contributed by atoms with Crippen molar-refractivity contribution in [2.75, 3.05) is 13.7 Å². The first kappa shape index (κ1) is 11.1. The van der Waals surface area contributed by atoms with Crippen molar-refractivity contribution in [1.29, 1.82) is 0 Å². The van der Waals surface area contributed by atoms with Crippen molar-refractivity contribution in [3.8, 4) is 0 Å². The van der Waals surface area contributed by atoms with E-state index in [1.807, 2.05) is 13.0 Å². The summed E-state index contributed by atoms with van der Waals surface area (Å²) in [6.45, 7) is 3.41. The van der Waals surface area contributed by atoms with Crippen LogP contribution in [0.25, 0.3) is 0 Å². The van der Waals surface area contributed by atoms with E-state index >= 15 is 0 Å². The molecule has 1 atom stereocenters. The number of aryl methyl sites for hydroxylation is 1. The van der Waals surface area contributed by atoms with Crippen LogP contribution in [0.4, 0.5) is 0 Å². The van der Waals surface area contributed by atoms with Crippen LogP contribution in [0.2, 0.25) is 0 Å². The topological polar surface area (TPSA) is 55.6 Å². The predicted octanol–water partition coefficient (Wildman–Crippen LogP) is 1.12. The maximum atomic E-state index is 11.5. The summed E-state index contributed by atoms with van der Waals surface area (Å²) in [6.07, 6.45) is 1.88. The molecule has 5 nitrogen and oxygen atoms in total. The molecule has 2 heterocycles. The van der Waals surface area contributed by atoms with Crippen molar-refractivity contribution in [3.05, 3.63) is 17.5 Å². The molecule has 1 saturated heterocycles. The zero-order chi connectivity index (χ0) is 11.5. The minimum absolute atomic E-state index is 0.129. The van der Waals surface area contributed by atoms with Crippen LogP contribution >= 0.6 is 0 Å². The van der Waals surface area contributed by atoms with Gasteiger partial charge in [0.15, 0.2) is 5.76 Å². The fourth-order valence-electron chi connectivity index (χ4n) is 2.11. The van der Waals surface area contributed by atoms with Gasteiger partial charge in [-0.15, -0.1) is 0 Å². The number of hydrogen-bond acceptors (Lipinski definition) is 5. The molecule has 0 amide bonds. The summed E-state index contributed by atoms with van der Waals surface area (Å²) < 4.78 is 9.92. The van der Waals surface area contributed by atoms with Gasteiger partial charge < -0.3 is 9.26 Å². The number of nitrogens with zero attached hydrogens (tertiary/aromatic N) is 2. The number of aromatic nitrogens is 1. The maximum Gasteiger partial charge on any atom is 0.323 e. The van der Waals surface area contributed by atoms with Gasteiger partial charge in [0.25, 0.3) is 0 Å². The molecule has 0 radical (unpaired) electrons. The predicted molar refractivity (Wildman–Crippen MR) is 56.7 cm³/mol. The molecule has 1 fully saturated rings. The molecule has 88 valence electrons. The highest BCUT2D eigenvalue weighted by atomic mass is 16.5. The van der Waals surface area contributed by atoms with E-state index in [4.69, 9.17) is 9.26 Å². The van der Waals surface area contributed by atoms with Gasteiger partial charge in [-0.3, -0.25) is 9.69 Å². The Morgan fingerprint density at radius 3 is 3.19 bits per heavy atom. The Bertz CT molecular complexity index is 375. The van der Waals surface area contributed by atoms with E-state index in [1.54, 1.807) is 0 Å². The molecule has 2 rings (SSSR count). The van der Waals surface area contributed by atoms with Gasteiger partial charge >= 0.3 is 5.97 Å². The Balaban J connectivity index is 2.01. The summed E-state index contributed by atoms with van der Waals surface area (Å²) in [5.74, 6) is 0.641. The number of ether oxygens (including phenoxy) is 1. The third-order valence-corrected chi connectivity index (χ3v) is 2.87. The summed E-state index contributed by atoms with van der Waals surface area (Å²) in [5.41, 5.74) is 0.865. The van der Waals surface area contributed by atoms with Crippen LogP contribution < -0.4 is 0 Å². The molecule has 0 spiro atoms. The second-order valence-corrected chi connectivity index (χ2v) is 4.09. The molecule has 16 heavy (non-hydrogen) atoms. The minimum Gasteiger partial charge on any atom is -0.468 e. The van der Waals surface area contributed by atoms with Gasteiger partial charge in [0, 0.05) is 6.07 Å². The molecular formula is C11H16N2O3. The summed E-state index contributed by atoms with van der Waals surface area (Å²) in [6, 6.07) is 1.77. The highest BCUT2D eigenvalue weighted by Crippen LogP contribution is 2.21. The van der Waals surface area contributed by atoms with Crippen molar-refractivity contribution >= 4 is 5.97 Å². The van der Waals surface area contributed by atoms with E-state index < -0.39 is 0 Å². The van der Waals surface area contributed by atoms with E-state index in [0.29, 0.717) is 6.54 Å². The zero-order valence-corrected chi connectivity index (χ0v) is 9.60. The number of hydrogen-bond donors (Lipinski definition) is 0. The van der Waals surface area contributed by atoms with Gasteiger partial charge in [-0.25, -0.2) is 0 Å². The highest BCUT2D eigenvalue weighted by molar-refractivity contribution is 5.75. The van der Waals surface area contributed by atoms with Gasteiger partial charge in [-0.05, 0) is 26.3 Å². The molecule has 0 bridgehead atoms. The van der Waals surface area contributed by atoms with E-state index in [0.717, 1.165) is 30.8 Å². The van der Waals surface area contributed by atoms with E-state index in [9.17, 15) is 4.79 Å². The average molecular weight is 224 g/mol. The molecular weight excluding hydrogens is 208 g/mol. The van der Waals surface area contributed by atoms with Gasteiger partial charge in [-0.1, -0.05) is 5.16 Å². The molecule has 0 unspecified atom stereocenters. The quantitative estimate of drug-likeness (QED) is 0.720. The van der Waals surface area contributed by atoms with Crippen molar-refractivity contribution < 1.29 is 14.1 Å². The lowest BCUT2D eigenvalue weighted by Crippen LogP contribution is -2.36. The minimum atomic E-state index is -0.159. The van der Waals surface area contributed by atoms with Crippen LogP contribution in [0.1, 0.15) is 24.3 Å². The number of carbonyl (C=O) groups excluding carboxylic acids is 1. The van der Waals surface area contributed by atoms with Crippen LogP contribution in [-0.2, 0) is 16.1 Å². The van der Waals surface area contributed by atoms with Gasteiger partial charge in [0.2, 0.25) is 0 Å². The zero-order valence-electron chi connectivity index (χ0n) is 9.60. The lowest BCUT2D eigenvalue weighted by Gasteiger charge is -2.20. The molecule has 1 aliphatic rings. The van der Waals surface area contributed by atoms with Crippen molar-refractivity contribution in [2.24, 2.45) is 0 Å². The van der Waals surface area contributed by atoms with Crippen molar-refractivity contribution in [1.82, 2.24) is 10.1 Å². The summed E-state index contributed by atoms with van der Waals surface area (Å²) in [4.78, 5) is 13.6. The number of likely N-dealkylation sites (tertiary alicyclic amines) is 1. The van der Waals surface area contributed by atoms with E-state index in [-0.39, 0.29) is 12.0 Å². The van der Waals surface area contributed by atoms with Gasteiger partial charge in [0.05, 0.1) is 19.3 Å². The third-order valence-electron chi connectivity index (χ3n) is 2.87. The lowest BCUT2D eigenvalue weighted by molar-refractivity contribution is -0.146. The standard InChI is InChI=1S/C11H16N2O3/c1-8-6-9(16-12-8)7-13-5-3-4-10(13)11(14)15-2/h6,10H,3-5,7H2,1-2H3/t10-/m1/s1. The first-order valence-corrected chi connectivity index (χ1v) is 5.45. The lowest BCUT2D eigenvalue weighted by atomic mass is 10.2.